The SMILES string of the molecule is NC(=O)N1CCCN(C(=O)/C=C/c2cccc(OCc3ccccc3)c2)CC1. The van der Waals surface area contributed by atoms with Crippen LogP contribution in [0.3, 0.4) is 0 Å². The van der Waals surface area contributed by atoms with Crippen molar-refractivity contribution in [1.29, 1.82) is 0 Å². The molecule has 6 nitrogen and oxygen atoms in total. The Balaban J connectivity index is 1.56. The van der Waals surface area contributed by atoms with E-state index in [4.69, 9.17) is 10.5 Å². The summed E-state index contributed by atoms with van der Waals surface area (Å²) in [7, 11) is 0. The zero-order valence-electron chi connectivity index (χ0n) is 15.8. The molecule has 0 bridgehead atoms. The topological polar surface area (TPSA) is 75.9 Å². The molecule has 0 aromatic heterocycles. The summed E-state index contributed by atoms with van der Waals surface area (Å²) in [5.74, 6) is 0.687. The van der Waals surface area contributed by atoms with Gasteiger partial charge in [0.1, 0.15) is 12.4 Å². The van der Waals surface area contributed by atoms with Gasteiger partial charge in [-0.1, -0.05) is 42.5 Å². The summed E-state index contributed by atoms with van der Waals surface area (Å²) >= 11 is 0. The maximum Gasteiger partial charge on any atom is 0.314 e. The fraction of sp³-hybridized carbons (Fsp3) is 0.273. The second-order valence-electron chi connectivity index (χ2n) is 6.68. The number of primary amides is 1. The first kappa shape index (κ1) is 19.5. The van der Waals surface area contributed by atoms with Gasteiger partial charge < -0.3 is 20.3 Å². The van der Waals surface area contributed by atoms with Crippen molar-refractivity contribution in [3.63, 3.8) is 0 Å². The van der Waals surface area contributed by atoms with Crippen molar-refractivity contribution in [3.8, 4) is 5.75 Å². The van der Waals surface area contributed by atoms with E-state index in [2.05, 4.69) is 0 Å². The summed E-state index contributed by atoms with van der Waals surface area (Å²) in [4.78, 5) is 27.1. The molecule has 0 spiro atoms. The van der Waals surface area contributed by atoms with E-state index in [1.807, 2.05) is 54.6 Å². The molecule has 1 heterocycles. The summed E-state index contributed by atoms with van der Waals surface area (Å²) in [6, 6.07) is 17.2. The maximum absolute atomic E-state index is 12.5. The van der Waals surface area contributed by atoms with Crippen LogP contribution < -0.4 is 10.5 Å². The number of nitrogens with zero attached hydrogens (tertiary/aromatic N) is 2. The molecular formula is C22H25N3O3. The van der Waals surface area contributed by atoms with Crippen LogP contribution in [0.25, 0.3) is 6.08 Å². The van der Waals surface area contributed by atoms with Crippen LogP contribution in [0.5, 0.6) is 5.75 Å². The van der Waals surface area contributed by atoms with Crippen LogP contribution in [-0.2, 0) is 11.4 Å². The van der Waals surface area contributed by atoms with Crippen LogP contribution in [0, 0.1) is 0 Å². The Bertz CT molecular complexity index is 836. The highest BCUT2D eigenvalue weighted by Crippen LogP contribution is 2.16. The molecule has 1 saturated heterocycles. The highest BCUT2D eigenvalue weighted by atomic mass is 16.5. The van der Waals surface area contributed by atoms with Gasteiger partial charge in [0, 0.05) is 32.3 Å². The highest BCUT2D eigenvalue weighted by Gasteiger charge is 2.19. The van der Waals surface area contributed by atoms with Crippen molar-refractivity contribution in [1.82, 2.24) is 9.80 Å². The van der Waals surface area contributed by atoms with Gasteiger partial charge in [-0.05, 0) is 35.8 Å². The third kappa shape index (κ3) is 5.61. The third-order valence-electron chi connectivity index (χ3n) is 4.64. The number of urea groups is 1. The minimum absolute atomic E-state index is 0.0677. The molecule has 3 rings (SSSR count). The average Bonchev–Trinajstić information content (AvgIpc) is 2.98. The lowest BCUT2D eigenvalue weighted by Gasteiger charge is -2.19. The Morgan fingerprint density at radius 2 is 1.71 bits per heavy atom. The Kier molecular flexibility index (Phi) is 6.68. The molecule has 0 radical (unpaired) electrons. The first-order valence-corrected chi connectivity index (χ1v) is 9.40. The van der Waals surface area contributed by atoms with Crippen molar-refractivity contribution < 1.29 is 14.3 Å². The largest absolute Gasteiger partial charge is 0.489 e. The molecule has 3 amide bonds. The molecular weight excluding hydrogens is 354 g/mol. The number of amides is 3. The number of ether oxygens (including phenoxy) is 1. The van der Waals surface area contributed by atoms with Gasteiger partial charge >= 0.3 is 6.03 Å². The van der Waals surface area contributed by atoms with Crippen LogP contribution in [0.1, 0.15) is 17.5 Å². The molecule has 28 heavy (non-hydrogen) atoms. The average molecular weight is 379 g/mol. The van der Waals surface area contributed by atoms with Gasteiger partial charge in [-0.3, -0.25) is 4.79 Å². The zero-order valence-corrected chi connectivity index (χ0v) is 15.8. The first-order valence-electron chi connectivity index (χ1n) is 9.40. The van der Waals surface area contributed by atoms with Crippen molar-refractivity contribution >= 4 is 18.0 Å². The molecule has 0 aliphatic carbocycles. The molecule has 2 aromatic rings. The standard InChI is InChI=1S/C22H25N3O3/c23-22(27)25-13-5-12-24(14-15-25)21(26)11-10-18-8-4-9-20(16-18)28-17-19-6-2-1-3-7-19/h1-4,6-11,16H,5,12-15,17H2,(H2,23,27)/b11-10+. The Hall–Kier alpha value is -3.28. The lowest BCUT2D eigenvalue weighted by molar-refractivity contribution is -0.125. The van der Waals surface area contributed by atoms with Crippen molar-refractivity contribution in [2.45, 2.75) is 13.0 Å². The van der Waals surface area contributed by atoms with E-state index < -0.39 is 6.03 Å². The third-order valence-corrected chi connectivity index (χ3v) is 4.64. The van der Waals surface area contributed by atoms with E-state index in [0.717, 1.165) is 23.3 Å². The predicted octanol–water partition coefficient (Wildman–Crippen LogP) is 2.89. The number of carbonyl (C=O) groups excluding carboxylic acids is 2. The second-order valence-corrected chi connectivity index (χ2v) is 6.68. The number of hydrogen-bond acceptors (Lipinski definition) is 3. The van der Waals surface area contributed by atoms with Gasteiger partial charge in [-0.25, -0.2) is 4.79 Å². The number of hydrogen-bond donors (Lipinski definition) is 1. The number of carbonyl (C=O) groups is 2. The summed E-state index contributed by atoms with van der Waals surface area (Å²) in [5, 5.41) is 0. The molecule has 146 valence electrons. The summed E-state index contributed by atoms with van der Waals surface area (Å²) in [6.45, 7) is 2.66. The number of benzene rings is 2. The van der Waals surface area contributed by atoms with Crippen LogP contribution >= 0.6 is 0 Å². The van der Waals surface area contributed by atoms with Crippen LogP contribution in [0.15, 0.2) is 60.7 Å². The van der Waals surface area contributed by atoms with Gasteiger partial charge in [0.25, 0.3) is 0 Å². The number of rotatable bonds is 5. The predicted molar refractivity (Wildman–Crippen MR) is 109 cm³/mol. The molecule has 1 fully saturated rings. The number of nitrogens with two attached hydrogens (primary N) is 1. The molecule has 0 saturated carbocycles. The van der Waals surface area contributed by atoms with Crippen molar-refractivity contribution in [3.05, 3.63) is 71.8 Å². The van der Waals surface area contributed by atoms with Gasteiger partial charge in [-0.15, -0.1) is 0 Å². The van der Waals surface area contributed by atoms with Gasteiger partial charge in [0.05, 0.1) is 0 Å². The Morgan fingerprint density at radius 3 is 2.50 bits per heavy atom. The molecule has 6 heteroatoms. The van der Waals surface area contributed by atoms with Crippen molar-refractivity contribution in [2.24, 2.45) is 5.73 Å². The van der Waals surface area contributed by atoms with E-state index >= 15 is 0 Å². The van der Waals surface area contributed by atoms with Crippen LogP contribution in [0.4, 0.5) is 4.79 Å². The van der Waals surface area contributed by atoms with Crippen molar-refractivity contribution in [2.75, 3.05) is 26.2 Å². The zero-order chi connectivity index (χ0) is 19.8. The lowest BCUT2D eigenvalue weighted by atomic mass is 10.2. The van der Waals surface area contributed by atoms with Gasteiger partial charge in [-0.2, -0.15) is 0 Å². The smallest absolute Gasteiger partial charge is 0.314 e. The molecule has 2 N–H and O–H groups in total. The maximum atomic E-state index is 12.5. The van der Waals surface area contributed by atoms with Crippen LogP contribution in [-0.4, -0.2) is 47.9 Å². The molecule has 2 aromatic carbocycles. The molecule has 1 aliphatic heterocycles. The fourth-order valence-corrected chi connectivity index (χ4v) is 3.08. The second kappa shape index (κ2) is 9.60. The summed E-state index contributed by atoms with van der Waals surface area (Å²) in [5.41, 5.74) is 7.32. The molecule has 1 aliphatic rings. The van der Waals surface area contributed by atoms with E-state index in [1.165, 1.54) is 0 Å². The quantitative estimate of drug-likeness (QED) is 0.812. The fourth-order valence-electron chi connectivity index (χ4n) is 3.08. The van der Waals surface area contributed by atoms with Crippen LogP contribution in [0.2, 0.25) is 0 Å². The Morgan fingerprint density at radius 1 is 0.964 bits per heavy atom. The normalized spacial score (nSPS) is 14.7. The van der Waals surface area contributed by atoms with E-state index in [1.54, 1.807) is 22.0 Å². The first-order chi connectivity index (χ1) is 13.6. The minimum Gasteiger partial charge on any atom is -0.489 e. The minimum atomic E-state index is -0.433. The Labute approximate surface area is 165 Å². The van der Waals surface area contributed by atoms with Gasteiger partial charge in [0.15, 0.2) is 0 Å². The highest BCUT2D eigenvalue weighted by molar-refractivity contribution is 5.91. The monoisotopic (exact) mass is 379 g/mol. The molecule has 0 unspecified atom stereocenters. The molecule has 0 atom stereocenters. The van der Waals surface area contributed by atoms with E-state index in [-0.39, 0.29) is 5.91 Å². The van der Waals surface area contributed by atoms with E-state index in [9.17, 15) is 9.59 Å². The van der Waals surface area contributed by atoms with E-state index in [0.29, 0.717) is 32.8 Å². The summed E-state index contributed by atoms with van der Waals surface area (Å²) < 4.78 is 5.83. The lowest BCUT2D eigenvalue weighted by Crippen LogP contribution is -2.39. The summed E-state index contributed by atoms with van der Waals surface area (Å²) in [6.07, 6.45) is 4.08. The van der Waals surface area contributed by atoms with Gasteiger partial charge in [0.2, 0.25) is 5.91 Å².